The summed E-state index contributed by atoms with van der Waals surface area (Å²) in [5, 5.41) is 0. The zero-order valence-electron chi connectivity index (χ0n) is 12.4. The smallest absolute Gasteiger partial charge is 0.313 e. The summed E-state index contributed by atoms with van der Waals surface area (Å²) < 4.78 is 5.75. The summed E-state index contributed by atoms with van der Waals surface area (Å²) >= 11 is 0. The van der Waals surface area contributed by atoms with E-state index in [4.69, 9.17) is 10.5 Å². The van der Waals surface area contributed by atoms with E-state index in [-0.39, 0.29) is 12.1 Å². The molecule has 0 heterocycles. The number of esters is 1. The second-order valence-electron chi connectivity index (χ2n) is 6.14. The summed E-state index contributed by atoms with van der Waals surface area (Å²) in [6.45, 7) is 8.91. The third-order valence-corrected chi connectivity index (χ3v) is 4.59. The lowest BCUT2D eigenvalue weighted by Crippen LogP contribution is -2.41. The topological polar surface area (TPSA) is 52.3 Å². The first-order chi connectivity index (χ1) is 8.47. The average molecular weight is 255 g/mol. The lowest BCUT2D eigenvalue weighted by atomic mass is 9.80. The van der Waals surface area contributed by atoms with Crippen molar-refractivity contribution in [1.82, 2.24) is 0 Å². The van der Waals surface area contributed by atoms with Crippen molar-refractivity contribution < 1.29 is 9.53 Å². The molecule has 0 aromatic rings. The van der Waals surface area contributed by atoms with Crippen LogP contribution in [0.25, 0.3) is 0 Å². The van der Waals surface area contributed by atoms with Gasteiger partial charge in [0, 0.05) is 6.54 Å². The molecular weight excluding hydrogens is 226 g/mol. The van der Waals surface area contributed by atoms with E-state index in [1.54, 1.807) is 0 Å². The van der Waals surface area contributed by atoms with Gasteiger partial charge in [-0.1, -0.05) is 27.7 Å². The monoisotopic (exact) mass is 255 g/mol. The molecule has 0 amide bonds. The molecule has 0 saturated heterocycles. The van der Waals surface area contributed by atoms with E-state index >= 15 is 0 Å². The van der Waals surface area contributed by atoms with Gasteiger partial charge < -0.3 is 10.5 Å². The highest BCUT2D eigenvalue weighted by Gasteiger charge is 2.37. The molecule has 18 heavy (non-hydrogen) atoms. The molecule has 0 radical (unpaired) electrons. The highest BCUT2D eigenvalue weighted by Crippen LogP contribution is 2.33. The maximum absolute atomic E-state index is 12.3. The summed E-state index contributed by atoms with van der Waals surface area (Å²) in [5.41, 5.74) is 5.32. The third kappa shape index (κ3) is 3.47. The van der Waals surface area contributed by atoms with E-state index in [0.29, 0.717) is 18.4 Å². The Kier molecular flexibility index (Phi) is 5.64. The molecule has 1 aliphatic carbocycles. The number of hydrogen-bond acceptors (Lipinski definition) is 3. The molecule has 3 nitrogen and oxygen atoms in total. The van der Waals surface area contributed by atoms with Crippen molar-refractivity contribution in [1.29, 1.82) is 0 Å². The number of nitrogens with two attached hydrogens (primary N) is 1. The highest BCUT2D eigenvalue weighted by molar-refractivity contribution is 5.77. The standard InChI is InChI=1S/C15H29NO2/c1-5-15(6-2,10-16)14(17)18-13-8-11(3)7-12(4)9-13/h11-13H,5-10,16H2,1-4H3. The van der Waals surface area contributed by atoms with Crippen LogP contribution in [-0.2, 0) is 9.53 Å². The van der Waals surface area contributed by atoms with Gasteiger partial charge in [-0.2, -0.15) is 0 Å². The fourth-order valence-corrected chi connectivity index (χ4v) is 3.16. The van der Waals surface area contributed by atoms with Gasteiger partial charge in [0.2, 0.25) is 0 Å². The van der Waals surface area contributed by atoms with E-state index in [1.807, 2.05) is 13.8 Å². The van der Waals surface area contributed by atoms with Gasteiger partial charge in [-0.25, -0.2) is 0 Å². The number of rotatable bonds is 5. The van der Waals surface area contributed by atoms with Crippen LogP contribution in [0, 0.1) is 17.3 Å². The van der Waals surface area contributed by atoms with Crippen LogP contribution in [0.15, 0.2) is 0 Å². The van der Waals surface area contributed by atoms with Crippen LogP contribution < -0.4 is 5.73 Å². The molecule has 0 spiro atoms. The van der Waals surface area contributed by atoms with Crippen molar-refractivity contribution >= 4 is 5.97 Å². The maximum atomic E-state index is 12.3. The Hall–Kier alpha value is -0.570. The predicted molar refractivity (Wildman–Crippen MR) is 74.1 cm³/mol. The van der Waals surface area contributed by atoms with Crippen molar-refractivity contribution in [3.8, 4) is 0 Å². The summed E-state index contributed by atoms with van der Waals surface area (Å²) in [4.78, 5) is 12.3. The third-order valence-electron chi connectivity index (χ3n) is 4.59. The Bertz CT molecular complexity index is 255. The first kappa shape index (κ1) is 15.5. The molecule has 0 aromatic carbocycles. The number of carbonyl (C=O) groups is 1. The molecular formula is C15H29NO2. The van der Waals surface area contributed by atoms with Crippen LogP contribution in [0.4, 0.5) is 0 Å². The zero-order valence-corrected chi connectivity index (χ0v) is 12.4. The Morgan fingerprint density at radius 3 is 2.06 bits per heavy atom. The van der Waals surface area contributed by atoms with Gasteiger partial charge in [0.15, 0.2) is 0 Å². The number of carbonyl (C=O) groups excluding carboxylic acids is 1. The van der Waals surface area contributed by atoms with E-state index < -0.39 is 5.41 Å². The quantitative estimate of drug-likeness (QED) is 0.768. The van der Waals surface area contributed by atoms with Gasteiger partial charge in [-0.3, -0.25) is 4.79 Å². The Morgan fingerprint density at radius 2 is 1.67 bits per heavy atom. The molecule has 1 fully saturated rings. The molecule has 1 rings (SSSR count). The summed E-state index contributed by atoms with van der Waals surface area (Å²) in [6.07, 6.45) is 4.87. The van der Waals surface area contributed by atoms with Crippen LogP contribution in [-0.4, -0.2) is 18.6 Å². The van der Waals surface area contributed by atoms with Crippen LogP contribution in [0.5, 0.6) is 0 Å². The molecule has 0 aliphatic heterocycles. The van der Waals surface area contributed by atoms with Gasteiger partial charge in [0.25, 0.3) is 0 Å². The van der Waals surface area contributed by atoms with Crippen LogP contribution >= 0.6 is 0 Å². The average Bonchev–Trinajstić information content (AvgIpc) is 2.30. The lowest BCUT2D eigenvalue weighted by Gasteiger charge is -2.35. The predicted octanol–water partition coefficient (Wildman–Crippen LogP) is 3.12. The summed E-state index contributed by atoms with van der Waals surface area (Å²) in [7, 11) is 0. The molecule has 106 valence electrons. The fraction of sp³-hybridized carbons (Fsp3) is 0.933. The second-order valence-corrected chi connectivity index (χ2v) is 6.14. The van der Waals surface area contributed by atoms with Gasteiger partial charge in [0.1, 0.15) is 6.10 Å². The molecule has 2 N–H and O–H groups in total. The fourth-order valence-electron chi connectivity index (χ4n) is 3.16. The van der Waals surface area contributed by atoms with E-state index in [1.165, 1.54) is 6.42 Å². The van der Waals surface area contributed by atoms with Gasteiger partial charge >= 0.3 is 5.97 Å². The molecule has 1 aliphatic rings. The minimum atomic E-state index is -0.468. The van der Waals surface area contributed by atoms with Crippen LogP contribution in [0.1, 0.15) is 59.8 Å². The normalized spacial score (nSPS) is 29.1. The molecule has 2 unspecified atom stereocenters. The van der Waals surface area contributed by atoms with Crippen LogP contribution in [0.3, 0.4) is 0 Å². The summed E-state index contributed by atoms with van der Waals surface area (Å²) in [5.74, 6) is 1.23. The van der Waals surface area contributed by atoms with E-state index in [9.17, 15) is 4.79 Å². The number of hydrogen-bond donors (Lipinski definition) is 1. The molecule has 1 saturated carbocycles. The van der Waals surface area contributed by atoms with E-state index in [2.05, 4.69) is 13.8 Å². The van der Waals surface area contributed by atoms with Crippen molar-refractivity contribution in [2.75, 3.05) is 6.54 Å². The van der Waals surface area contributed by atoms with Crippen molar-refractivity contribution in [2.24, 2.45) is 23.0 Å². The summed E-state index contributed by atoms with van der Waals surface area (Å²) in [6, 6.07) is 0. The van der Waals surface area contributed by atoms with Gasteiger partial charge in [0.05, 0.1) is 5.41 Å². The zero-order chi connectivity index (χ0) is 13.8. The van der Waals surface area contributed by atoms with Crippen molar-refractivity contribution in [2.45, 2.75) is 65.9 Å². The van der Waals surface area contributed by atoms with Gasteiger partial charge in [-0.05, 0) is 43.9 Å². The van der Waals surface area contributed by atoms with Crippen LogP contribution in [0.2, 0.25) is 0 Å². The maximum Gasteiger partial charge on any atom is 0.313 e. The number of ether oxygens (including phenoxy) is 1. The Balaban J connectivity index is 2.63. The second kappa shape index (κ2) is 6.55. The SMILES string of the molecule is CCC(CC)(CN)C(=O)OC1CC(C)CC(C)C1. The highest BCUT2D eigenvalue weighted by atomic mass is 16.5. The molecule has 3 heteroatoms. The Labute approximate surface area is 111 Å². The first-order valence-corrected chi connectivity index (χ1v) is 7.38. The van der Waals surface area contributed by atoms with E-state index in [0.717, 1.165) is 25.7 Å². The molecule has 0 aromatic heterocycles. The minimum Gasteiger partial charge on any atom is -0.462 e. The van der Waals surface area contributed by atoms with Crippen molar-refractivity contribution in [3.05, 3.63) is 0 Å². The first-order valence-electron chi connectivity index (χ1n) is 7.38. The van der Waals surface area contributed by atoms with Crippen molar-refractivity contribution in [3.63, 3.8) is 0 Å². The minimum absolute atomic E-state index is 0.0821. The van der Waals surface area contributed by atoms with Gasteiger partial charge in [-0.15, -0.1) is 0 Å². The molecule has 0 bridgehead atoms. The molecule has 2 atom stereocenters. The largest absolute Gasteiger partial charge is 0.462 e. The lowest BCUT2D eigenvalue weighted by molar-refractivity contribution is -0.164. The Morgan fingerprint density at radius 1 is 1.17 bits per heavy atom.